The summed E-state index contributed by atoms with van der Waals surface area (Å²) in [5.41, 5.74) is 0.949. The fraction of sp³-hybridized carbons (Fsp3) is 0.538. The van der Waals surface area contributed by atoms with E-state index < -0.39 is 0 Å². The third kappa shape index (κ3) is 2.57. The van der Waals surface area contributed by atoms with Gasteiger partial charge in [0.1, 0.15) is 0 Å². The summed E-state index contributed by atoms with van der Waals surface area (Å²) in [6, 6.07) is 3.80. The molecule has 1 amide bonds. The number of amides is 1. The Kier molecular flexibility index (Phi) is 3.61. The molecule has 1 aromatic rings. The maximum atomic E-state index is 12.0. The van der Waals surface area contributed by atoms with Crippen molar-refractivity contribution in [3.63, 3.8) is 0 Å². The van der Waals surface area contributed by atoms with Crippen molar-refractivity contribution in [2.75, 3.05) is 14.2 Å². The minimum absolute atomic E-state index is 0.238. The van der Waals surface area contributed by atoms with Crippen LogP contribution in [-0.4, -0.2) is 29.9 Å². The molecular formula is C13H18N2O2. The summed E-state index contributed by atoms with van der Waals surface area (Å²) in [6.45, 7) is 0.562. The quantitative estimate of drug-likeness (QED) is 0.798. The lowest BCUT2D eigenvalue weighted by Gasteiger charge is -2.29. The van der Waals surface area contributed by atoms with Crippen molar-refractivity contribution in [3.8, 4) is 5.88 Å². The first-order valence-electron chi connectivity index (χ1n) is 5.95. The molecule has 1 aliphatic carbocycles. The third-order valence-corrected chi connectivity index (χ3v) is 3.28. The first kappa shape index (κ1) is 11.9. The van der Waals surface area contributed by atoms with Crippen molar-refractivity contribution in [1.82, 2.24) is 9.88 Å². The van der Waals surface area contributed by atoms with Crippen molar-refractivity contribution < 1.29 is 9.53 Å². The van der Waals surface area contributed by atoms with Gasteiger partial charge in [-0.3, -0.25) is 4.79 Å². The predicted molar refractivity (Wildman–Crippen MR) is 64.6 cm³/mol. The molecule has 0 N–H and O–H groups in total. The fourth-order valence-corrected chi connectivity index (χ4v) is 2.03. The van der Waals surface area contributed by atoms with Crippen molar-refractivity contribution in [3.05, 3.63) is 23.9 Å². The third-order valence-electron chi connectivity index (χ3n) is 3.28. The van der Waals surface area contributed by atoms with Gasteiger partial charge < -0.3 is 9.64 Å². The number of hydrogen-bond donors (Lipinski definition) is 0. The van der Waals surface area contributed by atoms with Gasteiger partial charge in [-0.1, -0.05) is 12.5 Å². The number of hydrogen-bond acceptors (Lipinski definition) is 3. The van der Waals surface area contributed by atoms with Crippen LogP contribution in [0.2, 0.25) is 0 Å². The van der Waals surface area contributed by atoms with E-state index in [1.165, 1.54) is 6.42 Å². The zero-order valence-corrected chi connectivity index (χ0v) is 10.3. The molecule has 1 aromatic heterocycles. The second-order valence-corrected chi connectivity index (χ2v) is 4.49. The standard InChI is InChI=1S/C13H18N2O2/c1-15(13(16)10-5-3-6-10)9-11-7-4-8-14-12(11)17-2/h4,7-8,10H,3,5-6,9H2,1-2H3. The maximum Gasteiger partial charge on any atom is 0.225 e. The minimum atomic E-state index is 0.238. The van der Waals surface area contributed by atoms with Crippen LogP contribution in [0, 0.1) is 5.92 Å². The molecule has 4 nitrogen and oxygen atoms in total. The summed E-state index contributed by atoms with van der Waals surface area (Å²) in [5, 5.41) is 0. The molecule has 0 bridgehead atoms. The molecular weight excluding hydrogens is 216 g/mol. The highest BCUT2D eigenvalue weighted by Crippen LogP contribution is 2.28. The average Bonchev–Trinajstić information content (AvgIpc) is 2.27. The summed E-state index contributed by atoms with van der Waals surface area (Å²) in [6.07, 6.45) is 4.94. The van der Waals surface area contributed by atoms with Gasteiger partial charge in [-0.2, -0.15) is 0 Å². The van der Waals surface area contributed by atoms with E-state index in [1.807, 2.05) is 19.2 Å². The first-order valence-corrected chi connectivity index (χ1v) is 5.95. The fourth-order valence-electron chi connectivity index (χ4n) is 2.03. The minimum Gasteiger partial charge on any atom is -0.481 e. The Balaban J connectivity index is 2.01. The highest BCUT2D eigenvalue weighted by Gasteiger charge is 2.28. The number of pyridine rings is 1. The van der Waals surface area contributed by atoms with Gasteiger partial charge in [-0.15, -0.1) is 0 Å². The van der Waals surface area contributed by atoms with Crippen LogP contribution >= 0.6 is 0 Å². The lowest BCUT2D eigenvalue weighted by Crippen LogP contribution is -2.35. The first-order chi connectivity index (χ1) is 8.22. The van der Waals surface area contributed by atoms with Crippen molar-refractivity contribution >= 4 is 5.91 Å². The summed E-state index contributed by atoms with van der Waals surface area (Å²) in [5.74, 6) is 1.07. The molecule has 0 saturated heterocycles. The van der Waals surface area contributed by atoms with Crippen LogP contribution in [0.4, 0.5) is 0 Å². The van der Waals surface area contributed by atoms with Crippen LogP contribution in [0.1, 0.15) is 24.8 Å². The molecule has 0 radical (unpaired) electrons. The van der Waals surface area contributed by atoms with Gasteiger partial charge in [0.15, 0.2) is 0 Å². The maximum absolute atomic E-state index is 12.0. The highest BCUT2D eigenvalue weighted by molar-refractivity contribution is 5.79. The van der Waals surface area contributed by atoms with E-state index in [0.717, 1.165) is 18.4 Å². The van der Waals surface area contributed by atoms with Crippen LogP contribution in [0.3, 0.4) is 0 Å². The molecule has 0 aromatic carbocycles. The van der Waals surface area contributed by atoms with Crippen molar-refractivity contribution in [2.45, 2.75) is 25.8 Å². The largest absolute Gasteiger partial charge is 0.481 e. The van der Waals surface area contributed by atoms with E-state index in [1.54, 1.807) is 18.2 Å². The Morgan fingerprint density at radius 2 is 2.35 bits per heavy atom. The molecule has 4 heteroatoms. The molecule has 1 aliphatic rings. The molecule has 1 saturated carbocycles. The van der Waals surface area contributed by atoms with E-state index in [2.05, 4.69) is 4.98 Å². The van der Waals surface area contributed by atoms with Crippen LogP contribution < -0.4 is 4.74 Å². The molecule has 1 heterocycles. The van der Waals surface area contributed by atoms with E-state index in [0.29, 0.717) is 12.4 Å². The Bertz CT molecular complexity index is 402. The number of carbonyl (C=O) groups is 1. The molecule has 0 aliphatic heterocycles. The van der Waals surface area contributed by atoms with Crippen LogP contribution in [0.25, 0.3) is 0 Å². The molecule has 0 unspecified atom stereocenters. The van der Waals surface area contributed by atoms with E-state index in [9.17, 15) is 4.79 Å². The van der Waals surface area contributed by atoms with Crippen LogP contribution in [0.15, 0.2) is 18.3 Å². The second-order valence-electron chi connectivity index (χ2n) is 4.49. The second kappa shape index (κ2) is 5.17. The number of nitrogens with zero attached hydrogens (tertiary/aromatic N) is 2. The average molecular weight is 234 g/mol. The monoisotopic (exact) mass is 234 g/mol. The summed E-state index contributed by atoms with van der Waals surface area (Å²) in [7, 11) is 3.44. The Morgan fingerprint density at radius 1 is 1.59 bits per heavy atom. The SMILES string of the molecule is COc1ncccc1CN(C)C(=O)C1CCC1. The van der Waals surface area contributed by atoms with Gasteiger partial charge in [-0.25, -0.2) is 4.98 Å². The van der Waals surface area contributed by atoms with E-state index >= 15 is 0 Å². The number of methoxy groups -OCH3 is 1. The highest BCUT2D eigenvalue weighted by atomic mass is 16.5. The van der Waals surface area contributed by atoms with Crippen LogP contribution in [0.5, 0.6) is 5.88 Å². The van der Waals surface area contributed by atoms with Crippen molar-refractivity contribution in [1.29, 1.82) is 0 Å². The molecule has 92 valence electrons. The van der Waals surface area contributed by atoms with Gasteiger partial charge >= 0.3 is 0 Å². The Labute approximate surface area is 102 Å². The van der Waals surface area contributed by atoms with Crippen LogP contribution in [-0.2, 0) is 11.3 Å². The van der Waals surface area contributed by atoms with Gasteiger partial charge in [0.05, 0.1) is 13.7 Å². The number of rotatable bonds is 4. The summed E-state index contributed by atoms with van der Waals surface area (Å²) in [4.78, 5) is 17.9. The number of aromatic nitrogens is 1. The molecule has 0 atom stereocenters. The van der Waals surface area contributed by atoms with Gasteiger partial charge in [-0.05, 0) is 18.9 Å². The molecule has 2 rings (SSSR count). The van der Waals surface area contributed by atoms with Crippen molar-refractivity contribution in [2.24, 2.45) is 5.92 Å². The normalized spacial score (nSPS) is 15.2. The molecule has 0 spiro atoms. The Morgan fingerprint density at radius 3 is 2.94 bits per heavy atom. The van der Waals surface area contributed by atoms with E-state index in [-0.39, 0.29) is 11.8 Å². The predicted octanol–water partition coefficient (Wildman–Crippen LogP) is 1.85. The zero-order valence-electron chi connectivity index (χ0n) is 10.3. The summed E-state index contributed by atoms with van der Waals surface area (Å²) < 4.78 is 5.18. The number of ether oxygens (including phenoxy) is 1. The zero-order chi connectivity index (χ0) is 12.3. The lowest BCUT2D eigenvalue weighted by molar-refractivity contribution is -0.137. The molecule has 1 fully saturated rings. The van der Waals surface area contributed by atoms with Gasteiger partial charge in [0.25, 0.3) is 0 Å². The van der Waals surface area contributed by atoms with E-state index in [4.69, 9.17) is 4.74 Å². The van der Waals surface area contributed by atoms with Gasteiger partial charge in [0.2, 0.25) is 11.8 Å². The smallest absolute Gasteiger partial charge is 0.225 e. The Hall–Kier alpha value is -1.58. The molecule has 17 heavy (non-hydrogen) atoms. The van der Waals surface area contributed by atoms with Gasteiger partial charge in [0, 0.05) is 24.7 Å². The topological polar surface area (TPSA) is 42.4 Å². The lowest BCUT2D eigenvalue weighted by atomic mass is 9.84. The number of carbonyl (C=O) groups excluding carboxylic acids is 1. The summed E-state index contributed by atoms with van der Waals surface area (Å²) >= 11 is 0.